The van der Waals surface area contributed by atoms with Crippen LogP contribution in [0.15, 0.2) is 30.4 Å². The second-order valence-corrected chi connectivity index (χ2v) is 4.24. The van der Waals surface area contributed by atoms with Crippen LogP contribution in [0, 0.1) is 13.8 Å². The minimum absolute atomic E-state index is 1.15. The molecule has 0 heterocycles. The zero-order valence-corrected chi connectivity index (χ0v) is 9.56. The lowest BCUT2D eigenvalue weighted by Gasteiger charge is -2.06. The summed E-state index contributed by atoms with van der Waals surface area (Å²) in [6, 6.07) is 6.71. The zero-order valence-electron chi connectivity index (χ0n) is 9.56. The molecule has 1 aromatic carbocycles. The Kier molecular flexibility index (Phi) is 3.94. The van der Waals surface area contributed by atoms with E-state index in [9.17, 15) is 0 Å². The van der Waals surface area contributed by atoms with Crippen molar-refractivity contribution in [2.45, 2.75) is 40.0 Å². The fourth-order valence-corrected chi connectivity index (χ4v) is 1.71. The van der Waals surface area contributed by atoms with Gasteiger partial charge in [0.1, 0.15) is 0 Å². The van der Waals surface area contributed by atoms with Crippen molar-refractivity contribution in [2.75, 3.05) is 0 Å². The normalized spacial score (nSPS) is 10.2. The van der Waals surface area contributed by atoms with Crippen molar-refractivity contribution in [2.24, 2.45) is 0 Å². The van der Waals surface area contributed by atoms with Crippen LogP contribution < -0.4 is 0 Å². The number of aryl methyl sites for hydroxylation is 3. The molecule has 1 rings (SSSR count). The maximum Gasteiger partial charge on any atom is -0.0273 e. The Morgan fingerprint density at radius 2 is 2.00 bits per heavy atom. The number of hydrogen-bond donors (Lipinski definition) is 0. The smallest absolute Gasteiger partial charge is 0.0273 e. The molecule has 14 heavy (non-hydrogen) atoms. The van der Waals surface area contributed by atoms with Crippen molar-refractivity contribution in [1.29, 1.82) is 0 Å². The highest BCUT2D eigenvalue weighted by Crippen LogP contribution is 2.14. The maximum atomic E-state index is 3.92. The molecule has 0 aliphatic rings. The van der Waals surface area contributed by atoms with Gasteiger partial charge in [0, 0.05) is 0 Å². The minimum atomic E-state index is 1.15. The molecule has 0 atom stereocenters. The third-order valence-electron chi connectivity index (χ3n) is 2.55. The van der Waals surface area contributed by atoms with Gasteiger partial charge < -0.3 is 0 Å². The molecular formula is C14H20. The van der Waals surface area contributed by atoms with Crippen LogP contribution in [0.5, 0.6) is 0 Å². The molecule has 0 saturated carbocycles. The second kappa shape index (κ2) is 4.99. The number of rotatable bonds is 4. The first-order valence-electron chi connectivity index (χ1n) is 5.30. The Morgan fingerprint density at radius 1 is 1.29 bits per heavy atom. The monoisotopic (exact) mass is 188 g/mol. The standard InChI is InChI=1S/C14H20/c1-11(2)6-5-7-14-9-8-12(3)10-13(14)4/h8-10H,1,5-7H2,2-4H3. The Labute approximate surface area is 87.7 Å². The largest absolute Gasteiger partial charge is 0.100 e. The summed E-state index contributed by atoms with van der Waals surface area (Å²) in [4.78, 5) is 0. The summed E-state index contributed by atoms with van der Waals surface area (Å²) in [7, 11) is 0. The average Bonchev–Trinajstić information content (AvgIpc) is 2.08. The van der Waals surface area contributed by atoms with Crippen molar-refractivity contribution < 1.29 is 0 Å². The van der Waals surface area contributed by atoms with E-state index in [0.29, 0.717) is 0 Å². The van der Waals surface area contributed by atoms with E-state index >= 15 is 0 Å². The molecule has 0 aliphatic heterocycles. The molecule has 0 N–H and O–H groups in total. The average molecular weight is 188 g/mol. The molecule has 0 amide bonds. The van der Waals surface area contributed by atoms with Gasteiger partial charge in [0.15, 0.2) is 0 Å². The third kappa shape index (κ3) is 3.37. The van der Waals surface area contributed by atoms with Crippen molar-refractivity contribution >= 4 is 0 Å². The molecule has 0 aromatic heterocycles. The molecule has 0 unspecified atom stereocenters. The fraction of sp³-hybridized carbons (Fsp3) is 0.429. The van der Waals surface area contributed by atoms with Gasteiger partial charge in [0.05, 0.1) is 0 Å². The first kappa shape index (κ1) is 11.0. The highest BCUT2D eigenvalue weighted by molar-refractivity contribution is 5.30. The van der Waals surface area contributed by atoms with E-state index in [2.05, 4.69) is 45.5 Å². The van der Waals surface area contributed by atoms with Crippen molar-refractivity contribution in [3.8, 4) is 0 Å². The lowest BCUT2D eigenvalue weighted by molar-refractivity contribution is 0.809. The number of hydrogen-bond acceptors (Lipinski definition) is 0. The highest BCUT2D eigenvalue weighted by Gasteiger charge is 1.98. The van der Waals surface area contributed by atoms with E-state index in [-0.39, 0.29) is 0 Å². The molecular weight excluding hydrogens is 168 g/mol. The lowest BCUT2D eigenvalue weighted by Crippen LogP contribution is -1.91. The van der Waals surface area contributed by atoms with Gasteiger partial charge in [-0.05, 0) is 51.2 Å². The predicted molar refractivity (Wildman–Crippen MR) is 63.7 cm³/mol. The fourth-order valence-electron chi connectivity index (χ4n) is 1.71. The van der Waals surface area contributed by atoms with Gasteiger partial charge in [-0.2, -0.15) is 0 Å². The third-order valence-corrected chi connectivity index (χ3v) is 2.55. The molecule has 76 valence electrons. The maximum absolute atomic E-state index is 3.92. The van der Waals surface area contributed by atoms with Crippen molar-refractivity contribution in [3.63, 3.8) is 0 Å². The molecule has 0 aliphatic carbocycles. The number of allylic oxidation sites excluding steroid dienone is 1. The highest BCUT2D eigenvalue weighted by atomic mass is 14.0. The van der Waals surface area contributed by atoms with E-state index in [4.69, 9.17) is 0 Å². The Hall–Kier alpha value is -1.04. The van der Waals surface area contributed by atoms with Crippen LogP contribution in [0.25, 0.3) is 0 Å². The van der Waals surface area contributed by atoms with E-state index in [1.807, 2.05) is 0 Å². The van der Waals surface area contributed by atoms with Gasteiger partial charge in [-0.15, -0.1) is 6.58 Å². The van der Waals surface area contributed by atoms with E-state index in [0.717, 1.165) is 6.42 Å². The van der Waals surface area contributed by atoms with Gasteiger partial charge in [-0.3, -0.25) is 0 Å². The minimum Gasteiger partial charge on any atom is -0.100 e. The Balaban J connectivity index is 2.55. The van der Waals surface area contributed by atoms with Crippen molar-refractivity contribution in [3.05, 3.63) is 47.0 Å². The topological polar surface area (TPSA) is 0 Å². The van der Waals surface area contributed by atoms with Gasteiger partial charge >= 0.3 is 0 Å². The van der Waals surface area contributed by atoms with Crippen LogP contribution in [-0.4, -0.2) is 0 Å². The van der Waals surface area contributed by atoms with E-state index in [1.165, 1.54) is 35.1 Å². The first-order valence-corrected chi connectivity index (χ1v) is 5.30. The Bertz CT molecular complexity index is 321. The number of benzene rings is 1. The summed E-state index contributed by atoms with van der Waals surface area (Å²) >= 11 is 0. The summed E-state index contributed by atoms with van der Waals surface area (Å²) in [6.07, 6.45) is 3.55. The Morgan fingerprint density at radius 3 is 2.57 bits per heavy atom. The van der Waals surface area contributed by atoms with Gasteiger partial charge in [0.2, 0.25) is 0 Å². The van der Waals surface area contributed by atoms with Crippen LogP contribution in [0.3, 0.4) is 0 Å². The summed E-state index contributed by atoms with van der Waals surface area (Å²) < 4.78 is 0. The summed E-state index contributed by atoms with van der Waals surface area (Å²) in [5.41, 5.74) is 5.55. The second-order valence-electron chi connectivity index (χ2n) is 4.24. The zero-order chi connectivity index (χ0) is 10.6. The molecule has 0 saturated heterocycles. The molecule has 1 aromatic rings. The first-order chi connectivity index (χ1) is 6.59. The van der Waals surface area contributed by atoms with Crippen LogP contribution in [-0.2, 0) is 6.42 Å². The SMILES string of the molecule is C=C(C)CCCc1ccc(C)cc1C. The summed E-state index contributed by atoms with van der Waals surface area (Å²) in [6.45, 7) is 10.4. The van der Waals surface area contributed by atoms with Crippen LogP contribution in [0.4, 0.5) is 0 Å². The molecule has 0 heteroatoms. The van der Waals surface area contributed by atoms with E-state index in [1.54, 1.807) is 0 Å². The van der Waals surface area contributed by atoms with Crippen molar-refractivity contribution in [1.82, 2.24) is 0 Å². The molecule has 0 fully saturated rings. The molecule has 0 bridgehead atoms. The van der Waals surface area contributed by atoms with Gasteiger partial charge in [0.25, 0.3) is 0 Å². The summed E-state index contributed by atoms with van der Waals surface area (Å²) in [5.74, 6) is 0. The van der Waals surface area contributed by atoms with E-state index < -0.39 is 0 Å². The molecule has 0 radical (unpaired) electrons. The van der Waals surface area contributed by atoms with Crippen LogP contribution >= 0.6 is 0 Å². The quantitative estimate of drug-likeness (QED) is 0.621. The predicted octanol–water partition coefficient (Wildman–Crippen LogP) is 4.20. The molecule has 0 nitrogen and oxygen atoms in total. The van der Waals surface area contributed by atoms with Gasteiger partial charge in [-0.1, -0.05) is 29.3 Å². The molecule has 0 spiro atoms. The lowest BCUT2D eigenvalue weighted by atomic mass is 10.00. The summed E-state index contributed by atoms with van der Waals surface area (Å²) in [5, 5.41) is 0. The van der Waals surface area contributed by atoms with Crippen LogP contribution in [0.2, 0.25) is 0 Å². The van der Waals surface area contributed by atoms with Crippen LogP contribution in [0.1, 0.15) is 36.5 Å². The van der Waals surface area contributed by atoms with Gasteiger partial charge in [-0.25, -0.2) is 0 Å².